The highest BCUT2D eigenvalue weighted by atomic mass is 32.2. The topological polar surface area (TPSA) is 78.3 Å². The van der Waals surface area contributed by atoms with E-state index < -0.39 is 11.2 Å². The Hall–Kier alpha value is -2.93. The lowest BCUT2D eigenvalue weighted by atomic mass is 10.1. The Morgan fingerprint density at radius 2 is 1.83 bits per heavy atom. The molecule has 0 bridgehead atoms. The second-order valence-corrected chi connectivity index (χ2v) is 7.99. The highest BCUT2D eigenvalue weighted by Gasteiger charge is 2.21. The van der Waals surface area contributed by atoms with Crippen molar-refractivity contribution in [1.29, 1.82) is 0 Å². The third-order valence-electron chi connectivity index (χ3n) is 4.58. The molecule has 29 heavy (non-hydrogen) atoms. The fraction of sp³-hybridized carbons (Fsp3) is 0.273. The zero-order valence-electron chi connectivity index (χ0n) is 16.5. The van der Waals surface area contributed by atoms with Crippen LogP contribution in [0, 0.1) is 6.92 Å². The summed E-state index contributed by atoms with van der Waals surface area (Å²) in [4.78, 5) is 42.0. The van der Waals surface area contributed by atoms with E-state index in [-0.39, 0.29) is 24.3 Å². The molecule has 0 aliphatic rings. The minimum atomic E-state index is -0.449. The molecule has 7 heteroatoms. The number of hydrogen-bond acceptors (Lipinski definition) is 6. The average Bonchev–Trinajstić information content (AvgIpc) is 2.73. The van der Waals surface area contributed by atoms with E-state index in [2.05, 4.69) is 4.98 Å². The summed E-state index contributed by atoms with van der Waals surface area (Å²) < 4.78 is 6.14. The van der Waals surface area contributed by atoms with Gasteiger partial charge >= 0.3 is 5.97 Å². The summed E-state index contributed by atoms with van der Waals surface area (Å²) in [7, 11) is 1.31. The van der Waals surface area contributed by atoms with Crippen molar-refractivity contribution in [2.75, 3.05) is 7.11 Å². The molecule has 150 valence electrons. The summed E-state index contributed by atoms with van der Waals surface area (Å²) in [6.45, 7) is 3.89. The predicted octanol–water partition coefficient (Wildman–Crippen LogP) is 3.63. The van der Waals surface area contributed by atoms with Gasteiger partial charge in [-0.1, -0.05) is 53.7 Å². The van der Waals surface area contributed by atoms with E-state index >= 15 is 0 Å². The van der Waals surface area contributed by atoms with Crippen molar-refractivity contribution in [2.45, 2.75) is 37.2 Å². The number of aromatic nitrogens is 2. The van der Waals surface area contributed by atoms with Crippen LogP contribution in [0.25, 0.3) is 10.9 Å². The van der Waals surface area contributed by atoms with Crippen LogP contribution >= 0.6 is 11.8 Å². The Morgan fingerprint density at radius 1 is 1.14 bits per heavy atom. The number of aryl methyl sites for hydroxylation is 1. The summed E-state index contributed by atoms with van der Waals surface area (Å²) >= 11 is 1.22. The fourth-order valence-corrected chi connectivity index (χ4v) is 3.92. The van der Waals surface area contributed by atoms with E-state index in [1.54, 1.807) is 37.3 Å². The van der Waals surface area contributed by atoms with Crippen molar-refractivity contribution >= 4 is 34.4 Å². The lowest BCUT2D eigenvalue weighted by Gasteiger charge is -2.15. The van der Waals surface area contributed by atoms with Gasteiger partial charge in [0.05, 0.1) is 29.7 Å². The molecule has 0 saturated carbocycles. The number of methoxy groups -OCH3 is 1. The maximum absolute atomic E-state index is 13.0. The normalized spacial score (nSPS) is 12.0. The smallest absolute Gasteiger partial charge is 0.307 e. The molecule has 0 spiro atoms. The van der Waals surface area contributed by atoms with Crippen LogP contribution in [0.1, 0.15) is 29.3 Å². The van der Waals surface area contributed by atoms with Gasteiger partial charge in [0.25, 0.3) is 5.56 Å². The fourth-order valence-electron chi connectivity index (χ4n) is 2.90. The molecular formula is C22H22N2O4S. The van der Waals surface area contributed by atoms with Crippen LogP contribution in [-0.2, 0) is 16.1 Å². The van der Waals surface area contributed by atoms with Gasteiger partial charge in [-0.15, -0.1) is 0 Å². The van der Waals surface area contributed by atoms with Crippen LogP contribution in [0.2, 0.25) is 0 Å². The van der Waals surface area contributed by atoms with Gasteiger partial charge in [0.1, 0.15) is 0 Å². The van der Waals surface area contributed by atoms with Gasteiger partial charge < -0.3 is 4.74 Å². The number of ketones is 1. The van der Waals surface area contributed by atoms with Gasteiger partial charge in [0, 0.05) is 12.1 Å². The molecule has 0 aliphatic heterocycles. The van der Waals surface area contributed by atoms with Crippen LogP contribution in [0.3, 0.4) is 0 Å². The number of carbonyl (C=O) groups is 2. The van der Waals surface area contributed by atoms with Crippen LogP contribution in [0.5, 0.6) is 0 Å². The van der Waals surface area contributed by atoms with Crippen molar-refractivity contribution in [3.63, 3.8) is 0 Å². The number of fused-ring (bicyclic) bond motifs is 1. The highest BCUT2D eigenvalue weighted by Crippen LogP contribution is 2.25. The maximum atomic E-state index is 13.0. The molecule has 0 N–H and O–H groups in total. The zero-order valence-corrected chi connectivity index (χ0v) is 17.4. The van der Waals surface area contributed by atoms with E-state index in [9.17, 15) is 14.4 Å². The second-order valence-electron chi connectivity index (χ2n) is 6.68. The second kappa shape index (κ2) is 9.05. The SMILES string of the molecule is COC(=O)CCn1c(S[C@H](C)C(=O)c2ccc(C)cc2)nc2ccccc2c1=O. The minimum absolute atomic E-state index is 0.0445. The molecule has 0 saturated heterocycles. The molecule has 3 rings (SSSR count). The number of esters is 1. The van der Waals surface area contributed by atoms with Gasteiger partial charge in [0.15, 0.2) is 10.9 Å². The van der Waals surface area contributed by atoms with Crippen LogP contribution in [0.4, 0.5) is 0 Å². The number of nitrogens with zero attached hydrogens (tertiary/aromatic N) is 2. The molecule has 2 aromatic carbocycles. The lowest BCUT2D eigenvalue weighted by Crippen LogP contribution is -2.26. The quantitative estimate of drug-likeness (QED) is 0.256. The third-order valence-corrected chi connectivity index (χ3v) is 5.67. The molecule has 1 atom stereocenters. The number of thioether (sulfide) groups is 1. The number of hydrogen-bond donors (Lipinski definition) is 0. The Labute approximate surface area is 172 Å². The summed E-state index contributed by atoms with van der Waals surface area (Å²) in [5, 5.41) is 0.430. The van der Waals surface area contributed by atoms with Crippen molar-refractivity contribution in [3.05, 3.63) is 70.0 Å². The number of Topliss-reactive ketones (excluding diaryl/α,β-unsaturated/α-hetero) is 1. The zero-order chi connectivity index (χ0) is 21.0. The summed E-state index contributed by atoms with van der Waals surface area (Å²) in [5.74, 6) is -0.457. The van der Waals surface area contributed by atoms with Gasteiger partial charge in [-0.2, -0.15) is 0 Å². The first-order valence-corrected chi connectivity index (χ1v) is 10.1. The Balaban J connectivity index is 1.95. The Bertz CT molecular complexity index is 1110. The van der Waals surface area contributed by atoms with Crippen molar-refractivity contribution in [1.82, 2.24) is 9.55 Å². The number of carbonyl (C=O) groups excluding carboxylic acids is 2. The van der Waals surface area contributed by atoms with Crippen molar-refractivity contribution in [2.24, 2.45) is 0 Å². The summed E-state index contributed by atoms with van der Waals surface area (Å²) in [6.07, 6.45) is 0.0459. The van der Waals surface area contributed by atoms with Gasteiger partial charge in [-0.3, -0.25) is 19.0 Å². The highest BCUT2D eigenvalue weighted by molar-refractivity contribution is 8.00. The number of rotatable bonds is 7. The third kappa shape index (κ3) is 4.74. The van der Waals surface area contributed by atoms with E-state index in [0.29, 0.717) is 21.6 Å². The molecule has 0 unspecified atom stereocenters. The average molecular weight is 410 g/mol. The van der Waals surface area contributed by atoms with Crippen molar-refractivity contribution < 1.29 is 14.3 Å². The van der Waals surface area contributed by atoms with Gasteiger partial charge in [0.2, 0.25) is 0 Å². The van der Waals surface area contributed by atoms with E-state index in [4.69, 9.17) is 4.74 Å². The number of ether oxygens (including phenoxy) is 1. The van der Waals surface area contributed by atoms with Crippen LogP contribution in [-0.4, -0.2) is 33.7 Å². The largest absolute Gasteiger partial charge is 0.469 e. The van der Waals surface area contributed by atoms with Crippen LogP contribution in [0.15, 0.2) is 58.5 Å². The summed E-state index contributed by atoms with van der Waals surface area (Å²) in [5.41, 5.74) is 2.01. The molecule has 6 nitrogen and oxygen atoms in total. The summed E-state index contributed by atoms with van der Waals surface area (Å²) in [6, 6.07) is 14.4. The standard InChI is InChI=1S/C22H22N2O4S/c1-14-8-10-16(11-9-14)20(26)15(2)29-22-23-18-7-5-4-6-17(18)21(27)24(22)13-12-19(25)28-3/h4-11,15H,12-13H2,1-3H3/t15-/m1/s1. The molecule has 1 heterocycles. The molecule has 0 amide bonds. The molecule has 0 aliphatic carbocycles. The minimum Gasteiger partial charge on any atom is -0.469 e. The van der Waals surface area contributed by atoms with Crippen LogP contribution < -0.4 is 5.56 Å². The molecule has 0 fully saturated rings. The number of para-hydroxylation sites is 1. The lowest BCUT2D eigenvalue weighted by molar-refractivity contribution is -0.140. The maximum Gasteiger partial charge on any atom is 0.307 e. The first-order chi connectivity index (χ1) is 13.9. The van der Waals surface area contributed by atoms with Gasteiger partial charge in [-0.25, -0.2) is 4.98 Å². The molecule has 3 aromatic rings. The van der Waals surface area contributed by atoms with E-state index in [1.807, 2.05) is 25.1 Å². The van der Waals surface area contributed by atoms with Crippen molar-refractivity contribution in [3.8, 4) is 0 Å². The first kappa shape index (κ1) is 20.8. The molecule has 1 aromatic heterocycles. The number of benzene rings is 2. The van der Waals surface area contributed by atoms with E-state index in [1.165, 1.54) is 23.4 Å². The Morgan fingerprint density at radius 3 is 2.52 bits per heavy atom. The monoisotopic (exact) mass is 410 g/mol. The molecule has 0 radical (unpaired) electrons. The molecular weight excluding hydrogens is 388 g/mol. The predicted molar refractivity (Wildman–Crippen MR) is 113 cm³/mol. The van der Waals surface area contributed by atoms with E-state index in [0.717, 1.165) is 5.56 Å². The van der Waals surface area contributed by atoms with Gasteiger partial charge in [-0.05, 0) is 26.0 Å². The Kier molecular flexibility index (Phi) is 6.49. The first-order valence-electron chi connectivity index (χ1n) is 9.24.